The van der Waals surface area contributed by atoms with E-state index >= 15 is 0 Å². The predicted octanol–water partition coefficient (Wildman–Crippen LogP) is 0.722. The summed E-state index contributed by atoms with van der Waals surface area (Å²) in [5.74, 6) is -0.296. The second-order valence-corrected chi connectivity index (χ2v) is 5.54. The van der Waals surface area contributed by atoms with Crippen molar-refractivity contribution in [1.82, 2.24) is 5.32 Å². The van der Waals surface area contributed by atoms with Gasteiger partial charge in [-0.1, -0.05) is 30.3 Å². The summed E-state index contributed by atoms with van der Waals surface area (Å²) in [6.07, 6.45) is 1.27. The molecular weight excluding hydrogens is 298 g/mol. The number of ether oxygens (including phenoxy) is 3. The van der Waals surface area contributed by atoms with Gasteiger partial charge in [0.15, 0.2) is 5.79 Å². The molecule has 0 aliphatic carbocycles. The lowest BCUT2D eigenvalue weighted by atomic mass is 10.1. The monoisotopic (exact) mass is 323 g/mol. The first kappa shape index (κ1) is 17.7. The first-order valence-corrected chi connectivity index (χ1v) is 7.82. The van der Waals surface area contributed by atoms with E-state index in [0.717, 1.165) is 31.5 Å². The van der Waals surface area contributed by atoms with Gasteiger partial charge in [-0.3, -0.25) is 0 Å². The maximum atomic E-state index is 10.2. The Labute approximate surface area is 136 Å². The third-order valence-corrected chi connectivity index (χ3v) is 3.77. The molecule has 0 bridgehead atoms. The largest absolute Gasteiger partial charge is 0.445 e. The van der Waals surface area contributed by atoms with Gasteiger partial charge in [0.1, 0.15) is 6.61 Å². The first-order valence-electron chi connectivity index (χ1n) is 7.82. The number of hydrogen-bond acceptors (Lipinski definition) is 6. The third-order valence-electron chi connectivity index (χ3n) is 3.77. The van der Waals surface area contributed by atoms with Crippen LogP contribution in [0.2, 0.25) is 0 Å². The number of nitrogens with one attached hydrogen (secondary N) is 1. The Hall–Kier alpha value is -1.67. The Morgan fingerprint density at radius 1 is 1.30 bits per heavy atom. The second kappa shape index (κ2) is 8.83. The molecule has 1 aromatic carbocycles. The van der Waals surface area contributed by atoms with Crippen LogP contribution in [-0.4, -0.2) is 44.2 Å². The second-order valence-electron chi connectivity index (χ2n) is 5.54. The van der Waals surface area contributed by atoms with Crippen LogP contribution < -0.4 is 16.8 Å². The quantitative estimate of drug-likeness (QED) is 0.756. The van der Waals surface area contributed by atoms with Gasteiger partial charge in [-0.15, -0.1) is 0 Å². The molecule has 2 aliphatic heterocycles. The fourth-order valence-corrected chi connectivity index (χ4v) is 2.53. The van der Waals surface area contributed by atoms with Crippen LogP contribution in [0.5, 0.6) is 0 Å². The van der Waals surface area contributed by atoms with Gasteiger partial charge in [0, 0.05) is 32.5 Å². The van der Waals surface area contributed by atoms with Gasteiger partial charge in [-0.05, 0) is 5.56 Å². The molecule has 128 valence electrons. The van der Waals surface area contributed by atoms with Crippen molar-refractivity contribution in [2.45, 2.75) is 31.3 Å². The number of hydrogen-bond donors (Lipinski definition) is 3. The van der Waals surface area contributed by atoms with Gasteiger partial charge in [0.05, 0.1) is 12.7 Å². The van der Waals surface area contributed by atoms with E-state index in [0.29, 0.717) is 13.2 Å². The molecule has 0 saturated carbocycles. The fraction of sp³-hybridized carbons (Fsp3) is 0.562. The van der Waals surface area contributed by atoms with Crippen molar-refractivity contribution in [2.75, 3.05) is 26.2 Å². The van der Waals surface area contributed by atoms with Crippen molar-refractivity contribution < 1.29 is 19.0 Å². The smallest absolute Gasteiger partial charge is 0.404 e. The van der Waals surface area contributed by atoms with Crippen molar-refractivity contribution in [1.29, 1.82) is 0 Å². The Bertz CT molecular complexity index is 477. The zero-order valence-corrected chi connectivity index (χ0v) is 13.2. The normalized spacial score (nSPS) is 22.2. The topological polar surface area (TPSA) is 109 Å². The standard InChI is InChI=1S/C8H16N2O2.C8H9NO2/c9-5-7-6-11-8(12-7)1-3-10-4-2-8;9-8(10)11-6-7-4-2-1-3-5-7/h7,10H,1-6,9H2;1-5H,6H2,(H2,9,10). The lowest BCUT2D eigenvalue weighted by Crippen LogP contribution is -2.43. The van der Waals surface area contributed by atoms with Crippen LogP contribution in [0.4, 0.5) is 4.79 Å². The summed E-state index contributed by atoms with van der Waals surface area (Å²) in [5.41, 5.74) is 11.2. The van der Waals surface area contributed by atoms with Gasteiger partial charge < -0.3 is 31.0 Å². The van der Waals surface area contributed by atoms with Gasteiger partial charge in [-0.25, -0.2) is 4.79 Å². The minimum Gasteiger partial charge on any atom is -0.445 e. The number of carbonyl (C=O) groups is 1. The van der Waals surface area contributed by atoms with Crippen LogP contribution in [0.3, 0.4) is 0 Å². The SMILES string of the molecule is NC(=O)OCc1ccccc1.NCC1COC2(CCNCC2)O1. The Balaban J connectivity index is 0.000000168. The van der Waals surface area contributed by atoms with Crippen molar-refractivity contribution >= 4 is 6.09 Å². The van der Waals surface area contributed by atoms with Crippen molar-refractivity contribution in [3.05, 3.63) is 35.9 Å². The summed E-state index contributed by atoms with van der Waals surface area (Å²) < 4.78 is 16.0. The van der Waals surface area contributed by atoms with Gasteiger partial charge >= 0.3 is 6.09 Å². The molecule has 1 amide bonds. The van der Waals surface area contributed by atoms with Crippen molar-refractivity contribution in [3.63, 3.8) is 0 Å². The molecule has 1 spiro atoms. The zero-order chi connectivity index (χ0) is 16.5. The van der Waals surface area contributed by atoms with E-state index in [4.69, 9.17) is 20.9 Å². The van der Waals surface area contributed by atoms with Gasteiger partial charge in [0.2, 0.25) is 0 Å². The molecule has 0 aromatic heterocycles. The van der Waals surface area contributed by atoms with E-state index in [9.17, 15) is 4.79 Å². The highest BCUT2D eigenvalue weighted by atomic mass is 16.7. The predicted molar refractivity (Wildman–Crippen MR) is 85.5 cm³/mol. The first-order chi connectivity index (χ1) is 11.1. The van der Waals surface area contributed by atoms with E-state index in [1.165, 1.54) is 0 Å². The summed E-state index contributed by atoms with van der Waals surface area (Å²) in [4.78, 5) is 10.2. The van der Waals surface area contributed by atoms with Crippen molar-refractivity contribution in [3.8, 4) is 0 Å². The summed E-state index contributed by atoms with van der Waals surface area (Å²) >= 11 is 0. The molecule has 1 unspecified atom stereocenters. The van der Waals surface area contributed by atoms with E-state index in [1.807, 2.05) is 30.3 Å². The highest BCUT2D eigenvalue weighted by Crippen LogP contribution is 2.31. The fourth-order valence-electron chi connectivity index (χ4n) is 2.53. The van der Waals surface area contributed by atoms with E-state index in [2.05, 4.69) is 10.1 Å². The number of carbonyl (C=O) groups excluding carboxylic acids is 1. The molecule has 0 radical (unpaired) electrons. The van der Waals surface area contributed by atoms with Crippen LogP contribution in [0.25, 0.3) is 0 Å². The molecular formula is C16H25N3O4. The Kier molecular flexibility index (Phi) is 6.79. The summed E-state index contributed by atoms with van der Waals surface area (Å²) in [5, 5.41) is 3.28. The van der Waals surface area contributed by atoms with E-state index in [-0.39, 0.29) is 18.5 Å². The molecule has 2 heterocycles. The molecule has 2 aliphatic rings. The summed E-state index contributed by atoms with van der Waals surface area (Å²) in [6, 6.07) is 9.37. The molecule has 1 atom stereocenters. The summed E-state index contributed by atoms with van der Waals surface area (Å²) in [7, 11) is 0. The van der Waals surface area contributed by atoms with E-state index in [1.54, 1.807) is 0 Å². The number of benzene rings is 1. The number of amides is 1. The number of nitrogens with two attached hydrogens (primary N) is 2. The maximum Gasteiger partial charge on any atom is 0.404 e. The number of primary amides is 1. The lowest BCUT2D eigenvalue weighted by molar-refractivity contribution is -0.182. The number of piperidine rings is 1. The van der Waals surface area contributed by atoms with Gasteiger partial charge in [-0.2, -0.15) is 0 Å². The molecule has 23 heavy (non-hydrogen) atoms. The molecule has 7 nitrogen and oxygen atoms in total. The Morgan fingerprint density at radius 3 is 2.57 bits per heavy atom. The molecule has 2 saturated heterocycles. The van der Waals surface area contributed by atoms with Crippen LogP contribution in [-0.2, 0) is 20.8 Å². The minimum atomic E-state index is -0.742. The number of rotatable bonds is 3. The minimum absolute atomic E-state index is 0.114. The van der Waals surface area contributed by atoms with Crippen LogP contribution in [0.1, 0.15) is 18.4 Å². The lowest BCUT2D eigenvalue weighted by Gasteiger charge is -2.32. The maximum absolute atomic E-state index is 10.2. The molecule has 3 rings (SSSR count). The zero-order valence-electron chi connectivity index (χ0n) is 13.2. The third kappa shape index (κ3) is 5.80. The highest BCUT2D eigenvalue weighted by molar-refractivity contribution is 5.64. The van der Waals surface area contributed by atoms with E-state index < -0.39 is 6.09 Å². The molecule has 7 heteroatoms. The van der Waals surface area contributed by atoms with Crippen LogP contribution in [0.15, 0.2) is 30.3 Å². The average molecular weight is 323 g/mol. The Morgan fingerprint density at radius 2 is 2.00 bits per heavy atom. The van der Waals surface area contributed by atoms with Crippen LogP contribution >= 0.6 is 0 Å². The molecule has 1 aromatic rings. The molecule has 5 N–H and O–H groups in total. The van der Waals surface area contributed by atoms with Crippen molar-refractivity contribution in [2.24, 2.45) is 11.5 Å². The summed E-state index contributed by atoms with van der Waals surface area (Å²) in [6.45, 7) is 3.44. The van der Waals surface area contributed by atoms with Gasteiger partial charge in [0.25, 0.3) is 0 Å². The van der Waals surface area contributed by atoms with Crippen LogP contribution in [0, 0.1) is 0 Å². The highest BCUT2D eigenvalue weighted by Gasteiger charge is 2.41. The molecule has 2 fully saturated rings. The average Bonchev–Trinajstić information content (AvgIpc) is 2.98.